The highest BCUT2D eigenvalue weighted by atomic mass is 79.9. The standard InChI is InChI=1S/C23H30BrN5O3/c1-13(23(31)28-15-5-8-17(30)9-15)29(2)16-6-3-14(4-7-16)27-22-21(24)19-10-18(11-25)32-20(19)12-26-22/h10,12-17,30H,3-9H2,1-2H3,(H,26,27)(H,28,31)/t13-,14?,15-,16?,17-/m1/s1. The number of nitriles is 1. The van der Waals surface area contributed by atoms with Gasteiger partial charge in [0.1, 0.15) is 11.9 Å². The van der Waals surface area contributed by atoms with Gasteiger partial charge in [0.25, 0.3) is 0 Å². The first-order chi connectivity index (χ1) is 15.4. The summed E-state index contributed by atoms with van der Waals surface area (Å²) in [6, 6.07) is 4.29. The Morgan fingerprint density at radius 1 is 1.31 bits per heavy atom. The number of pyridine rings is 1. The van der Waals surface area contributed by atoms with E-state index in [4.69, 9.17) is 9.68 Å². The van der Waals surface area contributed by atoms with E-state index >= 15 is 0 Å². The molecule has 2 heterocycles. The van der Waals surface area contributed by atoms with Gasteiger partial charge >= 0.3 is 0 Å². The van der Waals surface area contributed by atoms with Gasteiger partial charge in [-0.15, -0.1) is 0 Å². The molecule has 0 saturated heterocycles. The molecule has 32 heavy (non-hydrogen) atoms. The highest BCUT2D eigenvalue weighted by Crippen LogP contribution is 2.34. The summed E-state index contributed by atoms with van der Waals surface area (Å²) < 4.78 is 6.25. The predicted octanol–water partition coefficient (Wildman–Crippen LogP) is 3.53. The Labute approximate surface area is 196 Å². The van der Waals surface area contributed by atoms with Crippen LogP contribution in [0.25, 0.3) is 11.0 Å². The van der Waals surface area contributed by atoms with Crippen LogP contribution in [0.3, 0.4) is 0 Å². The van der Waals surface area contributed by atoms with Crippen LogP contribution in [0.15, 0.2) is 21.2 Å². The molecule has 2 aromatic rings. The summed E-state index contributed by atoms with van der Waals surface area (Å²) >= 11 is 3.60. The number of nitrogens with one attached hydrogen (secondary N) is 2. The summed E-state index contributed by atoms with van der Waals surface area (Å²) in [5, 5.41) is 26.2. The Bertz CT molecular complexity index is 1010. The van der Waals surface area contributed by atoms with Crippen molar-refractivity contribution in [3.8, 4) is 6.07 Å². The second kappa shape index (κ2) is 9.77. The van der Waals surface area contributed by atoms with Crippen molar-refractivity contribution >= 4 is 38.6 Å². The van der Waals surface area contributed by atoms with Crippen LogP contribution in [-0.4, -0.2) is 58.2 Å². The second-order valence-electron chi connectivity index (χ2n) is 9.08. The van der Waals surface area contributed by atoms with E-state index in [0.29, 0.717) is 24.1 Å². The summed E-state index contributed by atoms with van der Waals surface area (Å²) in [4.78, 5) is 19.3. The van der Waals surface area contributed by atoms with Crippen molar-refractivity contribution in [2.45, 2.75) is 82.1 Å². The topological polar surface area (TPSA) is 114 Å². The molecule has 3 N–H and O–H groups in total. The molecule has 9 heteroatoms. The number of hydrogen-bond acceptors (Lipinski definition) is 7. The number of fused-ring (bicyclic) bond motifs is 1. The molecule has 0 spiro atoms. The van der Waals surface area contributed by atoms with Crippen molar-refractivity contribution in [3.63, 3.8) is 0 Å². The van der Waals surface area contributed by atoms with Crippen LogP contribution in [0.4, 0.5) is 5.82 Å². The van der Waals surface area contributed by atoms with Crippen LogP contribution >= 0.6 is 15.9 Å². The van der Waals surface area contributed by atoms with Crippen molar-refractivity contribution in [1.29, 1.82) is 5.26 Å². The number of aliphatic hydroxyl groups excluding tert-OH is 1. The number of carbonyl (C=O) groups is 1. The van der Waals surface area contributed by atoms with E-state index in [2.05, 4.69) is 36.4 Å². The molecule has 0 aliphatic heterocycles. The van der Waals surface area contributed by atoms with E-state index in [-0.39, 0.29) is 29.9 Å². The first kappa shape index (κ1) is 23.0. The Kier molecular flexibility index (Phi) is 7.03. The number of aliphatic hydroxyl groups is 1. The Morgan fingerprint density at radius 2 is 2.03 bits per heavy atom. The lowest BCUT2D eigenvalue weighted by Crippen LogP contribution is -2.51. The van der Waals surface area contributed by atoms with Crippen LogP contribution in [0, 0.1) is 11.3 Å². The molecule has 2 aliphatic rings. The van der Waals surface area contributed by atoms with Crippen LogP contribution in [0.5, 0.6) is 0 Å². The average Bonchev–Trinajstić information content (AvgIpc) is 3.41. The SMILES string of the molecule is C[C@H](C(=O)N[C@@H]1CC[C@@H](O)C1)N(C)C1CCC(Nc2ncc3oc(C#N)cc3c2Br)CC1. The number of halogens is 1. The minimum absolute atomic E-state index is 0.0464. The van der Waals surface area contributed by atoms with E-state index in [1.165, 1.54) is 0 Å². The zero-order chi connectivity index (χ0) is 22.8. The number of likely N-dealkylation sites (N-methyl/N-ethyl adjacent to an activating group) is 1. The van der Waals surface area contributed by atoms with E-state index in [1.807, 2.05) is 20.0 Å². The molecular formula is C23H30BrN5O3. The van der Waals surface area contributed by atoms with Gasteiger partial charge in [-0.1, -0.05) is 0 Å². The molecule has 4 rings (SSSR count). The summed E-state index contributed by atoms with van der Waals surface area (Å²) in [6.07, 6.45) is 7.61. The first-order valence-corrected chi connectivity index (χ1v) is 12.1. The zero-order valence-corrected chi connectivity index (χ0v) is 20.1. The summed E-state index contributed by atoms with van der Waals surface area (Å²) in [7, 11) is 2.03. The van der Waals surface area contributed by atoms with E-state index in [0.717, 1.165) is 54.2 Å². The largest absolute Gasteiger partial charge is 0.444 e. The highest BCUT2D eigenvalue weighted by Gasteiger charge is 2.31. The van der Waals surface area contributed by atoms with Crippen molar-refractivity contribution < 1.29 is 14.3 Å². The number of rotatable bonds is 6. The van der Waals surface area contributed by atoms with Gasteiger partial charge in [0, 0.05) is 29.6 Å². The van der Waals surface area contributed by atoms with Gasteiger partial charge in [-0.25, -0.2) is 4.98 Å². The number of amides is 1. The molecule has 172 valence electrons. The Morgan fingerprint density at radius 3 is 2.69 bits per heavy atom. The molecule has 0 aromatic carbocycles. The lowest BCUT2D eigenvalue weighted by atomic mass is 9.89. The Balaban J connectivity index is 1.30. The van der Waals surface area contributed by atoms with Crippen molar-refractivity contribution in [2.24, 2.45) is 0 Å². The van der Waals surface area contributed by atoms with Gasteiger partial charge < -0.3 is 20.2 Å². The highest BCUT2D eigenvalue weighted by molar-refractivity contribution is 9.10. The van der Waals surface area contributed by atoms with Crippen LogP contribution in [-0.2, 0) is 4.79 Å². The normalized spacial score (nSPS) is 26.8. The summed E-state index contributed by atoms with van der Waals surface area (Å²) in [6.45, 7) is 1.96. The molecule has 0 unspecified atom stereocenters. The van der Waals surface area contributed by atoms with Gasteiger partial charge in [-0.05, 0) is 74.8 Å². The molecule has 3 atom stereocenters. The molecule has 8 nitrogen and oxygen atoms in total. The van der Waals surface area contributed by atoms with Gasteiger partial charge in [-0.2, -0.15) is 5.26 Å². The van der Waals surface area contributed by atoms with Gasteiger partial charge in [0.05, 0.1) is 22.8 Å². The fourth-order valence-electron chi connectivity index (χ4n) is 4.87. The van der Waals surface area contributed by atoms with E-state index in [9.17, 15) is 9.90 Å². The first-order valence-electron chi connectivity index (χ1n) is 11.3. The number of carbonyl (C=O) groups excluding carboxylic acids is 1. The van der Waals surface area contributed by atoms with Gasteiger partial charge in [0.2, 0.25) is 11.7 Å². The fourth-order valence-corrected chi connectivity index (χ4v) is 5.39. The van der Waals surface area contributed by atoms with Crippen LogP contribution in [0.2, 0.25) is 0 Å². The maximum atomic E-state index is 12.7. The lowest BCUT2D eigenvalue weighted by molar-refractivity contribution is -0.127. The second-order valence-corrected chi connectivity index (χ2v) is 9.88. The molecule has 2 fully saturated rings. The molecule has 1 amide bonds. The van der Waals surface area contributed by atoms with Crippen molar-refractivity contribution in [3.05, 3.63) is 22.5 Å². The van der Waals surface area contributed by atoms with Gasteiger partial charge in [0.15, 0.2) is 5.58 Å². The molecule has 2 aliphatic carbocycles. The molecule has 2 saturated carbocycles. The van der Waals surface area contributed by atoms with Crippen LogP contribution < -0.4 is 10.6 Å². The number of anilines is 1. The monoisotopic (exact) mass is 503 g/mol. The quantitative estimate of drug-likeness (QED) is 0.552. The van der Waals surface area contributed by atoms with Gasteiger partial charge in [-0.3, -0.25) is 9.69 Å². The lowest BCUT2D eigenvalue weighted by Gasteiger charge is -2.38. The maximum absolute atomic E-state index is 12.7. The number of furan rings is 1. The number of hydrogen-bond donors (Lipinski definition) is 3. The molecule has 0 bridgehead atoms. The molecule has 2 aromatic heterocycles. The molecular weight excluding hydrogens is 474 g/mol. The van der Waals surface area contributed by atoms with Crippen molar-refractivity contribution in [1.82, 2.24) is 15.2 Å². The third-order valence-corrected chi connectivity index (χ3v) is 7.78. The Hall–Kier alpha value is -2.15. The average molecular weight is 504 g/mol. The van der Waals surface area contributed by atoms with E-state index < -0.39 is 0 Å². The van der Waals surface area contributed by atoms with Crippen molar-refractivity contribution in [2.75, 3.05) is 12.4 Å². The minimum Gasteiger partial charge on any atom is -0.444 e. The fraction of sp³-hybridized carbons (Fsp3) is 0.609. The summed E-state index contributed by atoms with van der Waals surface area (Å²) in [5.41, 5.74) is 0.587. The maximum Gasteiger partial charge on any atom is 0.237 e. The third kappa shape index (κ3) is 4.92. The third-order valence-electron chi connectivity index (χ3n) is 6.98. The minimum atomic E-state index is -0.284. The predicted molar refractivity (Wildman–Crippen MR) is 125 cm³/mol. The molecule has 0 radical (unpaired) electrons. The van der Waals surface area contributed by atoms with E-state index in [1.54, 1.807) is 12.3 Å². The summed E-state index contributed by atoms with van der Waals surface area (Å²) in [5.74, 6) is 1.07. The smallest absolute Gasteiger partial charge is 0.237 e. The number of nitrogens with zero attached hydrogens (tertiary/aromatic N) is 3. The number of aromatic nitrogens is 1. The zero-order valence-electron chi connectivity index (χ0n) is 18.5. The van der Waals surface area contributed by atoms with Crippen LogP contribution in [0.1, 0.15) is 57.6 Å².